The Morgan fingerprint density at radius 1 is 1.54 bits per heavy atom. The summed E-state index contributed by atoms with van der Waals surface area (Å²) in [5, 5.41) is 2.56. The van der Waals surface area contributed by atoms with E-state index in [1.807, 2.05) is 0 Å². The zero-order valence-electron chi connectivity index (χ0n) is 7.37. The minimum absolute atomic E-state index is 0.0687. The van der Waals surface area contributed by atoms with Gasteiger partial charge in [-0.2, -0.15) is 0 Å². The molecule has 13 heavy (non-hydrogen) atoms. The number of carbonyl (C=O) groups excluding carboxylic acids is 2. The Morgan fingerprint density at radius 3 is 2.85 bits per heavy atom. The lowest BCUT2D eigenvalue weighted by atomic mass is 10.3. The first-order chi connectivity index (χ1) is 6.18. The van der Waals surface area contributed by atoms with E-state index in [0.717, 1.165) is 0 Å². The zero-order valence-corrected chi connectivity index (χ0v) is 7.37. The summed E-state index contributed by atoms with van der Waals surface area (Å²) in [5.41, 5.74) is 0. The van der Waals surface area contributed by atoms with Gasteiger partial charge in [0.05, 0.1) is 19.2 Å². The number of hydrogen-bond acceptors (Lipinski definition) is 3. The second kappa shape index (κ2) is 4.45. The number of hydrogen-bond donors (Lipinski definition) is 1. The molecular weight excluding hydrogens is 170 g/mol. The fourth-order valence-corrected chi connectivity index (χ4v) is 0.887. The lowest BCUT2D eigenvalue weighted by Crippen LogP contribution is -2.24. The van der Waals surface area contributed by atoms with Crippen molar-refractivity contribution in [3.05, 3.63) is 24.2 Å². The Morgan fingerprint density at radius 2 is 2.31 bits per heavy atom. The van der Waals surface area contributed by atoms with Gasteiger partial charge in [0.25, 0.3) is 0 Å². The van der Waals surface area contributed by atoms with E-state index >= 15 is 0 Å². The lowest BCUT2D eigenvalue weighted by Gasteiger charge is -1.99. The average Bonchev–Trinajstić information content (AvgIpc) is 2.51. The van der Waals surface area contributed by atoms with Crippen LogP contribution in [-0.2, 0) is 16.1 Å². The topological polar surface area (TPSA) is 59.3 Å². The van der Waals surface area contributed by atoms with Crippen LogP contribution < -0.4 is 5.32 Å². The fraction of sp³-hybridized carbons (Fsp3) is 0.333. The molecule has 0 aliphatic carbocycles. The Hall–Kier alpha value is -1.58. The number of furan rings is 1. The highest BCUT2D eigenvalue weighted by Crippen LogP contribution is 1.98. The number of rotatable bonds is 4. The molecule has 0 atom stereocenters. The average molecular weight is 181 g/mol. The monoisotopic (exact) mass is 181 g/mol. The first kappa shape index (κ1) is 9.51. The molecule has 0 saturated heterocycles. The molecule has 0 unspecified atom stereocenters. The van der Waals surface area contributed by atoms with Crippen molar-refractivity contribution in [3.63, 3.8) is 0 Å². The molecular formula is C9H11NO3. The Balaban J connectivity index is 2.27. The van der Waals surface area contributed by atoms with Crippen molar-refractivity contribution in [1.29, 1.82) is 0 Å². The fourth-order valence-electron chi connectivity index (χ4n) is 0.887. The van der Waals surface area contributed by atoms with Gasteiger partial charge in [-0.25, -0.2) is 0 Å². The zero-order chi connectivity index (χ0) is 9.68. The summed E-state index contributed by atoms with van der Waals surface area (Å²) in [7, 11) is 0. The van der Waals surface area contributed by atoms with Gasteiger partial charge in [-0.1, -0.05) is 0 Å². The lowest BCUT2D eigenvalue weighted by molar-refractivity contribution is -0.127. The summed E-state index contributed by atoms with van der Waals surface area (Å²) in [6, 6.07) is 3.50. The van der Waals surface area contributed by atoms with Crippen LogP contribution in [0.25, 0.3) is 0 Å². The van der Waals surface area contributed by atoms with Gasteiger partial charge in [0.1, 0.15) is 11.5 Å². The van der Waals surface area contributed by atoms with E-state index in [1.54, 1.807) is 12.1 Å². The number of carbonyl (C=O) groups is 2. The number of ketones is 1. The first-order valence-corrected chi connectivity index (χ1v) is 3.97. The standard InChI is InChI=1S/C9H11NO3/c1-7(11)5-9(12)10-6-8-3-2-4-13-8/h2-4H,5-6H2,1H3,(H,10,12). The van der Waals surface area contributed by atoms with Crippen LogP contribution in [0.5, 0.6) is 0 Å². The second-order valence-corrected chi connectivity index (χ2v) is 2.73. The largest absolute Gasteiger partial charge is 0.467 e. The van der Waals surface area contributed by atoms with Gasteiger partial charge in [-0.15, -0.1) is 0 Å². The van der Waals surface area contributed by atoms with Crippen molar-refractivity contribution in [2.75, 3.05) is 0 Å². The van der Waals surface area contributed by atoms with Crippen molar-refractivity contribution in [1.82, 2.24) is 5.32 Å². The van der Waals surface area contributed by atoms with E-state index in [-0.39, 0.29) is 18.1 Å². The van der Waals surface area contributed by atoms with Crippen LogP contribution in [0.15, 0.2) is 22.8 Å². The third-order valence-electron chi connectivity index (χ3n) is 1.45. The molecule has 1 amide bonds. The van der Waals surface area contributed by atoms with E-state index < -0.39 is 0 Å². The summed E-state index contributed by atoms with van der Waals surface area (Å²) < 4.78 is 4.99. The molecule has 1 rings (SSSR count). The Labute approximate surface area is 75.9 Å². The maximum Gasteiger partial charge on any atom is 0.227 e. The highest BCUT2D eigenvalue weighted by Gasteiger charge is 2.04. The van der Waals surface area contributed by atoms with Crippen LogP contribution in [0.3, 0.4) is 0 Å². The van der Waals surface area contributed by atoms with Crippen molar-refractivity contribution in [2.24, 2.45) is 0 Å². The normalized spacial score (nSPS) is 9.62. The van der Waals surface area contributed by atoms with Crippen molar-refractivity contribution >= 4 is 11.7 Å². The third-order valence-corrected chi connectivity index (χ3v) is 1.45. The molecule has 70 valence electrons. The minimum Gasteiger partial charge on any atom is -0.467 e. The molecule has 0 aliphatic heterocycles. The Kier molecular flexibility index (Phi) is 3.25. The Bertz CT molecular complexity index is 290. The number of amides is 1. The van der Waals surface area contributed by atoms with E-state index in [4.69, 9.17) is 4.42 Å². The van der Waals surface area contributed by atoms with Crippen LogP contribution >= 0.6 is 0 Å². The molecule has 1 aromatic heterocycles. The number of Topliss-reactive ketones (excluding diaryl/α,β-unsaturated/α-hetero) is 1. The third kappa shape index (κ3) is 3.55. The predicted octanol–water partition coefficient (Wildman–Crippen LogP) is 0.875. The summed E-state index contributed by atoms with van der Waals surface area (Å²) in [6.45, 7) is 1.71. The number of nitrogens with one attached hydrogen (secondary N) is 1. The van der Waals surface area contributed by atoms with E-state index in [2.05, 4.69) is 5.32 Å². The molecule has 1 heterocycles. The first-order valence-electron chi connectivity index (χ1n) is 3.97. The van der Waals surface area contributed by atoms with Gasteiger partial charge < -0.3 is 9.73 Å². The molecule has 0 aromatic carbocycles. The maximum atomic E-state index is 11.0. The van der Waals surface area contributed by atoms with Gasteiger partial charge >= 0.3 is 0 Å². The smallest absolute Gasteiger partial charge is 0.227 e. The molecule has 0 spiro atoms. The summed E-state index contributed by atoms with van der Waals surface area (Å²) in [6.07, 6.45) is 1.47. The predicted molar refractivity (Wildman–Crippen MR) is 45.9 cm³/mol. The van der Waals surface area contributed by atoms with Gasteiger partial charge in [0, 0.05) is 0 Å². The van der Waals surface area contributed by atoms with Gasteiger partial charge in [-0.05, 0) is 19.1 Å². The van der Waals surface area contributed by atoms with Crippen molar-refractivity contribution in [3.8, 4) is 0 Å². The van der Waals surface area contributed by atoms with Gasteiger partial charge in [0.15, 0.2) is 0 Å². The maximum absolute atomic E-state index is 11.0. The molecule has 0 radical (unpaired) electrons. The van der Waals surface area contributed by atoms with Gasteiger partial charge in [0.2, 0.25) is 5.91 Å². The minimum atomic E-state index is -0.274. The summed E-state index contributed by atoms with van der Waals surface area (Å²) >= 11 is 0. The molecule has 4 nitrogen and oxygen atoms in total. The van der Waals surface area contributed by atoms with Crippen molar-refractivity contribution in [2.45, 2.75) is 19.9 Å². The molecule has 1 N–H and O–H groups in total. The summed E-state index contributed by atoms with van der Waals surface area (Å²) in [5.74, 6) is 0.262. The molecule has 0 fully saturated rings. The highest BCUT2D eigenvalue weighted by atomic mass is 16.3. The van der Waals surface area contributed by atoms with Gasteiger partial charge in [-0.3, -0.25) is 9.59 Å². The molecule has 0 bridgehead atoms. The van der Waals surface area contributed by atoms with E-state index in [0.29, 0.717) is 12.3 Å². The molecule has 0 aliphatic rings. The van der Waals surface area contributed by atoms with Crippen LogP contribution in [0.1, 0.15) is 19.1 Å². The van der Waals surface area contributed by atoms with Crippen LogP contribution in [-0.4, -0.2) is 11.7 Å². The molecule has 4 heteroatoms. The molecule has 1 aromatic rings. The molecule has 0 saturated carbocycles. The van der Waals surface area contributed by atoms with E-state index in [9.17, 15) is 9.59 Å². The quantitative estimate of drug-likeness (QED) is 0.701. The van der Waals surface area contributed by atoms with E-state index in [1.165, 1.54) is 13.2 Å². The van der Waals surface area contributed by atoms with Crippen LogP contribution in [0.4, 0.5) is 0 Å². The highest BCUT2D eigenvalue weighted by molar-refractivity contribution is 5.96. The second-order valence-electron chi connectivity index (χ2n) is 2.73. The van der Waals surface area contributed by atoms with Crippen LogP contribution in [0.2, 0.25) is 0 Å². The van der Waals surface area contributed by atoms with Crippen LogP contribution in [0, 0.1) is 0 Å². The van der Waals surface area contributed by atoms with Crippen molar-refractivity contribution < 1.29 is 14.0 Å². The summed E-state index contributed by atoms with van der Waals surface area (Å²) in [4.78, 5) is 21.5. The SMILES string of the molecule is CC(=O)CC(=O)NCc1ccco1.